The quantitative estimate of drug-likeness (QED) is 0.910. The molecule has 0 aromatic heterocycles. The summed E-state index contributed by atoms with van der Waals surface area (Å²) in [5.74, 6) is 2.07. The monoisotopic (exact) mass is 269 g/mol. The van der Waals surface area contributed by atoms with Crippen LogP contribution in [-0.4, -0.2) is 13.2 Å². The van der Waals surface area contributed by atoms with E-state index in [0.717, 1.165) is 28.2 Å². The molecule has 2 N–H and O–H groups in total. The lowest BCUT2D eigenvalue weighted by Crippen LogP contribution is -2.12. The largest absolute Gasteiger partial charge is 0.489 e. The van der Waals surface area contributed by atoms with Crippen LogP contribution in [0.2, 0.25) is 0 Å². The van der Waals surface area contributed by atoms with Crippen molar-refractivity contribution in [2.75, 3.05) is 13.2 Å². The summed E-state index contributed by atoms with van der Waals surface area (Å²) in [6.45, 7) is 4.09. The van der Waals surface area contributed by atoms with Crippen molar-refractivity contribution >= 4 is 0 Å². The van der Waals surface area contributed by atoms with Crippen LogP contribution in [0.15, 0.2) is 42.5 Å². The standard InChI is InChI=1S/C17H19NO2/c1-12-10-19-16-7-6-15(8-17(16)20-11-12)14-4-2-13(9-18)3-5-14/h2-8,12H,9-11,18H2,1H3. The minimum absolute atomic E-state index is 0.412. The molecule has 2 aromatic rings. The van der Waals surface area contributed by atoms with Crippen molar-refractivity contribution in [2.24, 2.45) is 11.7 Å². The molecule has 0 fully saturated rings. The Kier molecular flexibility index (Phi) is 3.61. The number of hydrogen-bond acceptors (Lipinski definition) is 3. The highest BCUT2D eigenvalue weighted by Crippen LogP contribution is 2.34. The minimum Gasteiger partial charge on any atom is -0.489 e. The molecule has 3 heteroatoms. The molecule has 1 atom stereocenters. The second-order valence-electron chi connectivity index (χ2n) is 5.29. The third-order valence-corrected chi connectivity index (χ3v) is 3.51. The van der Waals surface area contributed by atoms with Crippen LogP contribution in [0, 0.1) is 5.92 Å². The molecule has 2 aromatic carbocycles. The summed E-state index contributed by atoms with van der Waals surface area (Å²) in [5.41, 5.74) is 9.05. The predicted molar refractivity (Wildman–Crippen MR) is 79.9 cm³/mol. The molecule has 0 radical (unpaired) electrons. The van der Waals surface area contributed by atoms with E-state index in [-0.39, 0.29) is 0 Å². The molecule has 104 valence electrons. The van der Waals surface area contributed by atoms with E-state index < -0.39 is 0 Å². The summed E-state index contributed by atoms with van der Waals surface area (Å²) in [7, 11) is 0. The van der Waals surface area contributed by atoms with E-state index in [0.29, 0.717) is 25.7 Å². The third kappa shape index (κ3) is 2.63. The van der Waals surface area contributed by atoms with Gasteiger partial charge in [0.2, 0.25) is 0 Å². The highest BCUT2D eigenvalue weighted by Gasteiger charge is 2.15. The average Bonchev–Trinajstić information content (AvgIpc) is 2.69. The highest BCUT2D eigenvalue weighted by molar-refractivity contribution is 5.67. The molecule has 1 heterocycles. The van der Waals surface area contributed by atoms with Crippen molar-refractivity contribution in [2.45, 2.75) is 13.5 Å². The second kappa shape index (κ2) is 5.55. The number of hydrogen-bond donors (Lipinski definition) is 1. The number of fused-ring (bicyclic) bond motifs is 1. The first-order chi connectivity index (χ1) is 9.76. The van der Waals surface area contributed by atoms with Gasteiger partial charge in [-0.1, -0.05) is 37.3 Å². The van der Waals surface area contributed by atoms with Crippen molar-refractivity contribution in [1.82, 2.24) is 0 Å². The molecule has 0 amide bonds. The molecule has 0 saturated carbocycles. The molecular formula is C17H19NO2. The van der Waals surface area contributed by atoms with Gasteiger partial charge < -0.3 is 15.2 Å². The smallest absolute Gasteiger partial charge is 0.161 e. The molecule has 20 heavy (non-hydrogen) atoms. The van der Waals surface area contributed by atoms with E-state index in [1.165, 1.54) is 0 Å². The van der Waals surface area contributed by atoms with E-state index in [2.05, 4.69) is 37.3 Å². The van der Waals surface area contributed by atoms with Gasteiger partial charge >= 0.3 is 0 Å². The van der Waals surface area contributed by atoms with E-state index >= 15 is 0 Å². The number of ether oxygens (including phenoxy) is 2. The first kappa shape index (κ1) is 13.0. The predicted octanol–water partition coefficient (Wildman–Crippen LogP) is 3.22. The van der Waals surface area contributed by atoms with Gasteiger partial charge in [0.25, 0.3) is 0 Å². The Hall–Kier alpha value is -2.00. The fraction of sp³-hybridized carbons (Fsp3) is 0.294. The van der Waals surface area contributed by atoms with Crippen molar-refractivity contribution < 1.29 is 9.47 Å². The fourth-order valence-corrected chi connectivity index (χ4v) is 2.27. The topological polar surface area (TPSA) is 44.5 Å². The van der Waals surface area contributed by atoms with Gasteiger partial charge in [-0.15, -0.1) is 0 Å². The van der Waals surface area contributed by atoms with Crippen molar-refractivity contribution in [1.29, 1.82) is 0 Å². The lowest BCUT2D eigenvalue weighted by atomic mass is 10.0. The lowest BCUT2D eigenvalue weighted by molar-refractivity contribution is 0.228. The third-order valence-electron chi connectivity index (χ3n) is 3.51. The Morgan fingerprint density at radius 1 is 0.950 bits per heavy atom. The molecule has 0 spiro atoms. The number of benzene rings is 2. The van der Waals surface area contributed by atoms with Crippen molar-refractivity contribution in [3.05, 3.63) is 48.0 Å². The molecule has 0 aliphatic carbocycles. The zero-order valence-electron chi connectivity index (χ0n) is 11.6. The SMILES string of the molecule is CC1COc2ccc(-c3ccc(CN)cc3)cc2OC1. The van der Waals surface area contributed by atoms with Gasteiger partial charge in [-0.05, 0) is 28.8 Å². The van der Waals surface area contributed by atoms with Crippen molar-refractivity contribution in [3.63, 3.8) is 0 Å². The lowest BCUT2D eigenvalue weighted by Gasteiger charge is -2.09. The molecule has 1 aliphatic rings. The van der Waals surface area contributed by atoms with Crippen molar-refractivity contribution in [3.8, 4) is 22.6 Å². The van der Waals surface area contributed by atoms with E-state index in [1.807, 2.05) is 12.1 Å². The second-order valence-corrected chi connectivity index (χ2v) is 5.29. The zero-order valence-corrected chi connectivity index (χ0v) is 11.6. The Balaban J connectivity index is 1.91. The molecular weight excluding hydrogens is 250 g/mol. The molecule has 3 rings (SSSR count). The maximum atomic E-state index is 5.82. The Morgan fingerprint density at radius 2 is 1.60 bits per heavy atom. The molecule has 0 saturated heterocycles. The Morgan fingerprint density at radius 3 is 2.30 bits per heavy atom. The summed E-state index contributed by atoms with van der Waals surface area (Å²) in [6, 6.07) is 14.4. The van der Waals surface area contributed by atoms with Crippen LogP contribution < -0.4 is 15.2 Å². The van der Waals surface area contributed by atoms with Gasteiger partial charge in [0, 0.05) is 12.5 Å². The average molecular weight is 269 g/mol. The number of nitrogens with two attached hydrogens (primary N) is 1. The van der Waals surface area contributed by atoms with Crippen LogP contribution in [0.4, 0.5) is 0 Å². The summed E-state index contributed by atoms with van der Waals surface area (Å²) < 4.78 is 11.6. The van der Waals surface area contributed by atoms with Gasteiger partial charge in [0.15, 0.2) is 11.5 Å². The molecule has 1 aliphatic heterocycles. The molecule has 0 bridgehead atoms. The van der Waals surface area contributed by atoms with Crippen LogP contribution in [0.5, 0.6) is 11.5 Å². The van der Waals surface area contributed by atoms with E-state index in [9.17, 15) is 0 Å². The summed E-state index contributed by atoms with van der Waals surface area (Å²) in [4.78, 5) is 0. The molecule has 3 nitrogen and oxygen atoms in total. The summed E-state index contributed by atoms with van der Waals surface area (Å²) >= 11 is 0. The highest BCUT2D eigenvalue weighted by atomic mass is 16.5. The summed E-state index contributed by atoms with van der Waals surface area (Å²) in [5, 5.41) is 0. The van der Waals surface area contributed by atoms with Gasteiger partial charge in [0.05, 0.1) is 13.2 Å². The molecule has 1 unspecified atom stereocenters. The van der Waals surface area contributed by atoms with Crippen LogP contribution in [0.1, 0.15) is 12.5 Å². The first-order valence-electron chi connectivity index (χ1n) is 6.95. The Labute approximate surface area is 119 Å². The van der Waals surface area contributed by atoms with Crippen LogP contribution in [0.25, 0.3) is 11.1 Å². The van der Waals surface area contributed by atoms with Gasteiger partial charge in [-0.2, -0.15) is 0 Å². The van der Waals surface area contributed by atoms with Gasteiger partial charge in [-0.3, -0.25) is 0 Å². The normalized spacial score (nSPS) is 17.6. The summed E-state index contributed by atoms with van der Waals surface area (Å²) in [6.07, 6.45) is 0. The maximum absolute atomic E-state index is 5.82. The van der Waals surface area contributed by atoms with Crippen LogP contribution in [0.3, 0.4) is 0 Å². The van der Waals surface area contributed by atoms with E-state index in [4.69, 9.17) is 15.2 Å². The van der Waals surface area contributed by atoms with E-state index in [1.54, 1.807) is 0 Å². The Bertz CT molecular complexity index is 592. The maximum Gasteiger partial charge on any atom is 0.161 e. The zero-order chi connectivity index (χ0) is 13.9. The first-order valence-corrected chi connectivity index (χ1v) is 6.95. The fourth-order valence-electron chi connectivity index (χ4n) is 2.27. The van der Waals surface area contributed by atoms with Gasteiger partial charge in [-0.25, -0.2) is 0 Å². The minimum atomic E-state index is 0.412. The van der Waals surface area contributed by atoms with Crippen LogP contribution in [-0.2, 0) is 6.54 Å². The van der Waals surface area contributed by atoms with Gasteiger partial charge in [0.1, 0.15) is 0 Å². The van der Waals surface area contributed by atoms with Crippen LogP contribution >= 0.6 is 0 Å². The number of rotatable bonds is 2.